The second kappa shape index (κ2) is 3.93. The molecule has 0 unspecified atom stereocenters. The standard InChI is InChI=1S/C7H11NO2/c1-2-3-5-9-7-8-4-6-10-7/h2-3H,4-6H2,1H3. The SMILES string of the molecule is CC=CCOC1=NCCO1. The number of allylic oxidation sites excluding steroid dienone is 1. The molecular formula is C7H11NO2. The van der Waals surface area contributed by atoms with E-state index in [4.69, 9.17) is 9.47 Å². The molecule has 0 aliphatic carbocycles. The summed E-state index contributed by atoms with van der Waals surface area (Å²) in [6, 6.07) is 0. The molecule has 0 N–H and O–H groups in total. The number of aliphatic imine (C=N–C) groups is 1. The minimum atomic E-state index is 0.429. The highest BCUT2D eigenvalue weighted by atomic mass is 16.7. The molecule has 56 valence electrons. The highest BCUT2D eigenvalue weighted by molar-refractivity contribution is 5.68. The third-order valence-electron chi connectivity index (χ3n) is 1.10. The number of hydrogen-bond donors (Lipinski definition) is 0. The van der Waals surface area contributed by atoms with E-state index in [2.05, 4.69) is 4.99 Å². The largest absolute Gasteiger partial charge is 0.449 e. The van der Waals surface area contributed by atoms with Crippen molar-refractivity contribution >= 4 is 6.08 Å². The molecule has 0 bridgehead atoms. The van der Waals surface area contributed by atoms with Crippen LogP contribution in [0.3, 0.4) is 0 Å². The highest BCUT2D eigenvalue weighted by Gasteiger charge is 2.05. The van der Waals surface area contributed by atoms with Crippen LogP contribution in [0.25, 0.3) is 0 Å². The molecule has 0 aromatic heterocycles. The van der Waals surface area contributed by atoms with Crippen LogP contribution in [0.1, 0.15) is 6.92 Å². The normalized spacial score (nSPS) is 17.1. The zero-order valence-electron chi connectivity index (χ0n) is 6.04. The topological polar surface area (TPSA) is 30.8 Å². The van der Waals surface area contributed by atoms with Crippen LogP contribution in [0.2, 0.25) is 0 Å². The second-order valence-electron chi connectivity index (χ2n) is 1.88. The van der Waals surface area contributed by atoms with Crippen LogP contribution in [0, 0.1) is 0 Å². The molecule has 0 radical (unpaired) electrons. The molecule has 0 atom stereocenters. The van der Waals surface area contributed by atoms with Crippen LogP contribution >= 0.6 is 0 Å². The van der Waals surface area contributed by atoms with Gasteiger partial charge >= 0.3 is 6.08 Å². The molecule has 0 fully saturated rings. The van der Waals surface area contributed by atoms with Crippen LogP contribution < -0.4 is 0 Å². The summed E-state index contributed by atoms with van der Waals surface area (Å²) in [5.74, 6) is 0. The zero-order valence-corrected chi connectivity index (χ0v) is 6.04. The Bertz CT molecular complexity index is 152. The molecule has 0 aromatic rings. The molecular weight excluding hydrogens is 130 g/mol. The predicted octanol–water partition coefficient (Wildman–Crippen LogP) is 0.965. The van der Waals surface area contributed by atoms with Gasteiger partial charge in [0.1, 0.15) is 13.2 Å². The van der Waals surface area contributed by atoms with Crippen molar-refractivity contribution in [3.8, 4) is 0 Å². The van der Waals surface area contributed by atoms with Gasteiger partial charge in [0, 0.05) is 0 Å². The Hall–Kier alpha value is -0.990. The van der Waals surface area contributed by atoms with Crippen molar-refractivity contribution in [2.24, 2.45) is 4.99 Å². The Labute approximate surface area is 60.4 Å². The fourth-order valence-corrected chi connectivity index (χ4v) is 0.618. The number of hydrogen-bond acceptors (Lipinski definition) is 3. The summed E-state index contributed by atoms with van der Waals surface area (Å²) in [7, 11) is 0. The van der Waals surface area contributed by atoms with Crippen molar-refractivity contribution in [1.29, 1.82) is 0 Å². The molecule has 1 rings (SSSR count). The van der Waals surface area contributed by atoms with E-state index in [9.17, 15) is 0 Å². The lowest BCUT2D eigenvalue weighted by atomic mass is 10.6. The molecule has 1 heterocycles. The molecule has 1 aliphatic heterocycles. The van der Waals surface area contributed by atoms with Crippen molar-refractivity contribution in [2.45, 2.75) is 6.92 Å². The number of ether oxygens (including phenoxy) is 2. The van der Waals surface area contributed by atoms with Crippen molar-refractivity contribution in [2.75, 3.05) is 19.8 Å². The highest BCUT2D eigenvalue weighted by Crippen LogP contribution is 1.94. The fraction of sp³-hybridized carbons (Fsp3) is 0.571. The van der Waals surface area contributed by atoms with Crippen LogP contribution in [0.15, 0.2) is 17.1 Å². The van der Waals surface area contributed by atoms with Gasteiger partial charge in [0.15, 0.2) is 0 Å². The third-order valence-corrected chi connectivity index (χ3v) is 1.10. The average molecular weight is 141 g/mol. The Balaban J connectivity index is 2.12. The first-order valence-corrected chi connectivity index (χ1v) is 3.34. The Morgan fingerprint density at radius 2 is 2.70 bits per heavy atom. The van der Waals surface area contributed by atoms with Gasteiger partial charge in [-0.3, -0.25) is 0 Å². The molecule has 3 heteroatoms. The third kappa shape index (κ3) is 2.09. The summed E-state index contributed by atoms with van der Waals surface area (Å²) in [6.07, 6.45) is 4.26. The summed E-state index contributed by atoms with van der Waals surface area (Å²) in [5, 5.41) is 0. The summed E-state index contributed by atoms with van der Waals surface area (Å²) < 4.78 is 10.1. The second-order valence-corrected chi connectivity index (χ2v) is 1.88. The van der Waals surface area contributed by atoms with Crippen LogP contribution in [-0.2, 0) is 9.47 Å². The summed E-state index contributed by atoms with van der Waals surface area (Å²) in [4.78, 5) is 3.95. The van der Waals surface area contributed by atoms with E-state index < -0.39 is 0 Å². The minimum Gasteiger partial charge on any atom is -0.449 e. The average Bonchev–Trinajstić information content (AvgIpc) is 2.41. The van der Waals surface area contributed by atoms with Crippen molar-refractivity contribution < 1.29 is 9.47 Å². The minimum absolute atomic E-state index is 0.429. The smallest absolute Gasteiger partial charge is 0.383 e. The summed E-state index contributed by atoms with van der Waals surface area (Å²) >= 11 is 0. The van der Waals surface area contributed by atoms with Crippen molar-refractivity contribution in [3.63, 3.8) is 0 Å². The monoisotopic (exact) mass is 141 g/mol. The summed E-state index contributed by atoms with van der Waals surface area (Å²) in [6.45, 7) is 3.88. The van der Waals surface area contributed by atoms with Gasteiger partial charge in [-0.2, -0.15) is 0 Å². The van der Waals surface area contributed by atoms with Gasteiger partial charge in [-0.15, -0.1) is 0 Å². The van der Waals surface area contributed by atoms with Gasteiger partial charge in [0.2, 0.25) is 0 Å². The lowest BCUT2D eigenvalue weighted by molar-refractivity contribution is 0.208. The van der Waals surface area contributed by atoms with E-state index in [1.165, 1.54) is 0 Å². The van der Waals surface area contributed by atoms with Crippen LogP contribution in [0.4, 0.5) is 0 Å². The molecule has 0 spiro atoms. The summed E-state index contributed by atoms with van der Waals surface area (Å²) in [5.41, 5.74) is 0. The first-order valence-electron chi connectivity index (χ1n) is 3.34. The quantitative estimate of drug-likeness (QED) is 0.536. The van der Waals surface area contributed by atoms with E-state index in [1.54, 1.807) is 0 Å². The van der Waals surface area contributed by atoms with Gasteiger partial charge in [-0.25, -0.2) is 4.99 Å². The van der Waals surface area contributed by atoms with E-state index >= 15 is 0 Å². The maximum Gasteiger partial charge on any atom is 0.383 e. The van der Waals surface area contributed by atoms with Gasteiger partial charge in [-0.1, -0.05) is 12.2 Å². The Morgan fingerprint density at radius 1 is 1.80 bits per heavy atom. The van der Waals surface area contributed by atoms with E-state index in [1.807, 2.05) is 19.1 Å². The molecule has 0 saturated heterocycles. The predicted molar refractivity (Wildman–Crippen MR) is 39.0 cm³/mol. The van der Waals surface area contributed by atoms with E-state index in [-0.39, 0.29) is 0 Å². The number of rotatable bonds is 2. The van der Waals surface area contributed by atoms with Crippen molar-refractivity contribution in [1.82, 2.24) is 0 Å². The van der Waals surface area contributed by atoms with Gasteiger partial charge in [0.25, 0.3) is 0 Å². The van der Waals surface area contributed by atoms with Gasteiger partial charge in [0.05, 0.1) is 6.54 Å². The molecule has 10 heavy (non-hydrogen) atoms. The maximum absolute atomic E-state index is 5.08. The Kier molecular flexibility index (Phi) is 2.80. The van der Waals surface area contributed by atoms with E-state index in [0.29, 0.717) is 19.3 Å². The van der Waals surface area contributed by atoms with E-state index in [0.717, 1.165) is 6.54 Å². The maximum atomic E-state index is 5.08. The van der Waals surface area contributed by atoms with Crippen molar-refractivity contribution in [3.05, 3.63) is 12.2 Å². The lowest BCUT2D eigenvalue weighted by Crippen LogP contribution is -2.04. The lowest BCUT2D eigenvalue weighted by Gasteiger charge is -1.99. The first-order chi connectivity index (χ1) is 4.93. The van der Waals surface area contributed by atoms with Crippen LogP contribution in [-0.4, -0.2) is 25.8 Å². The Morgan fingerprint density at radius 3 is 3.30 bits per heavy atom. The fourth-order valence-electron chi connectivity index (χ4n) is 0.618. The number of nitrogens with zero attached hydrogens (tertiary/aromatic N) is 1. The molecule has 3 nitrogen and oxygen atoms in total. The first kappa shape index (κ1) is 7.12. The van der Waals surface area contributed by atoms with Gasteiger partial charge in [-0.05, 0) is 6.92 Å². The van der Waals surface area contributed by atoms with Crippen LogP contribution in [0.5, 0.6) is 0 Å². The zero-order chi connectivity index (χ0) is 7.23. The molecule has 0 aromatic carbocycles. The molecule has 1 aliphatic rings. The molecule has 0 saturated carbocycles. The molecule has 0 amide bonds. The van der Waals surface area contributed by atoms with Gasteiger partial charge < -0.3 is 9.47 Å².